The monoisotopic (exact) mass is 459 g/mol. The maximum absolute atomic E-state index is 13.3. The fourth-order valence-electron chi connectivity index (χ4n) is 3.55. The van der Waals surface area contributed by atoms with Gasteiger partial charge in [-0.1, -0.05) is 30.3 Å². The second-order valence-corrected chi connectivity index (χ2v) is 9.76. The molecule has 172 valence electrons. The average Bonchev–Trinajstić information content (AvgIpc) is 3.12. The Balaban J connectivity index is 1.90. The third-order valence-corrected chi connectivity index (χ3v) is 5.49. The maximum atomic E-state index is 13.3. The van der Waals surface area contributed by atoms with Gasteiger partial charge in [-0.2, -0.15) is 8.42 Å². The molecule has 1 N–H and O–H groups in total. The maximum Gasteiger partial charge on any atom is 0.275 e. The van der Waals surface area contributed by atoms with Crippen LogP contribution in [0.3, 0.4) is 0 Å². The molecule has 32 heavy (non-hydrogen) atoms. The zero-order chi connectivity index (χ0) is 23.3. The molecule has 0 unspecified atom stereocenters. The molecule has 3 rings (SSSR count). The van der Waals surface area contributed by atoms with E-state index in [1.807, 2.05) is 62.6 Å². The standard InChI is InChI=1S/C23H29N3O5S/c1-17(2)24-22(27)16-26-21(19-10-5-4-6-11-19)15-25-14-18(13-20(25)23(26)28)9-7-8-12-31-32(3,29)30/h4-6,10-11,13-15,17H,7-9,12,16H2,1-3H3,(H,24,27). The summed E-state index contributed by atoms with van der Waals surface area (Å²) in [5.41, 5.74) is 2.72. The van der Waals surface area contributed by atoms with E-state index in [1.54, 1.807) is 4.40 Å². The summed E-state index contributed by atoms with van der Waals surface area (Å²) in [5, 5.41) is 2.84. The lowest BCUT2D eigenvalue weighted by Gasteiger charge is -2.15. The minimum atomic E-state index is -3.43. The molecule has 0 saturated heterocycles. The number of benzene rings is 1. The largest absolute Gasteiger partial charge is 0.352 e. The molecule has 0 atom stereocenters. The number of unbranched alkanes of at least 4 members (excludes halogenated alkanes) is 1. The molecule has 0 spiro atoms. The van der Waals surface area contributed by atoms with Crippen LogP contribution in [0.15, 0.2) is 53.6 Å². The Morgan fingerprint density at radius 1 is 1.12 bits per heavy atom. The number of aromatic nitrogens is 2. The second-order valence-electron chi connectivity index (χ2n) is 8.12. The van der Waals surface area contributed by atoms with E-state index < -0.39 is 10.1 Å². The van der Waals surface area contributed by atoms with Crippen LogP contribution in [0.1, 0.15) is 32.3 Å². The van der Waals surface area contributed by atoms with Crippen molar-refractivity contribution in [3.8, 4) is 11.3 Å². The molecule has 3 aromatic rings. The average molecular weight is 460 g/mol. The molecule has 0 aliphatic carbocycles. The fourth-order valence-corrected chi connectivity index (χ4v) is 3.97. The van der Waals surface area contributed by atoms with Gasteiger partial charge in [0.2, 0.25) is 5.91 Å². The number of nitrogens with zero attached hydrogens (tertiary/aromatic N) is 2. The number of nitrogens with one attached hydrogen (secondary N) is 1. The van der Waals surface area contributed by atoms with Crippen molar-refractivity contribution in [2.75, 3.05) is 12.9 Å². The second kappa shape index (κ2) is 10.1. The summed E-state index contributed by atoms with van der Waals surface area (Å²) in [6.07, 6.45) is 6.80. The van der Waals surface area contributed by atoms with Crippen LogP contribution in [-0.2, 0) is 32.1 Å². The first-order valence-corrected chi connectivity index (χ1v) is 12.4. The topological polar surface area (TPSA) is 98.9 Å². The van der Waals surface area contributed by atoms with Gasteiger partial charge in [0.15, 0.2) is 0 Å². The Morgan fingerprint density at radius 3 is 2.50 bits per heavy atom. The van der Waals surface area contributed by atoms with E-state index in [9.17, 15) is 18.0 Å². The van der Waals surface area contributed by atoms with Crippen molar-refractivity contribution in [1.29, 1.82) is 0 Å². The molecular formula is C23H29N3O5S. The Hall–Kier alpha value is -2.91. The zero-order valence-corrected chi connectivity index (χ0v) is 19.4. The summed E-state index contributed by atoms with van der Waals surface area (Å²) < 4.78 is 30.2. The molecule has 1 amide bonds. The quantitative estimate of drug-likeness (QED) is 0.371. The van der Waals surface area contributed by atoms with E-state index in [0.717, 1.165) is 23.8 Å². The van der Waals surface area contributed by atoms with Gasteiger partial charge in [-0.15, -0.1) is 0 Å². The van der Waals surface area contributed by atoms with E-state index in [1.165, 1.54) is 4.57 Å². The number of fused-ring (bicyclic) bond motifs is 1. The van der Waals surface area contributed by atoms with Crippen molar-refractivity contribution in [2.24, 2.45) is 0 Å². The van der Waals surface area contributed by atoms with Gasteiger partial charge >= 0.3 is 0 Å². The minimum absolute atomic E-state index is 0.0197. The SMILES string of the molecule is CC(C)NC(=O)Cn1c(-c2ccccc2)cn2cc(CCCCOS(C)(=O)=O)cc2c1=O. The van der Waals surface area contributed by atoms with Crippen molar-refractivity contribution in [3.63, 3.8) is 0 Å². The molecule has 1 aromatic carbocycles. The lowest BCUT2D eigenvalue weighted by atomic mass is 10.1. The van der Waals surface area contributed by atoms with E-state index in [4.69, 9.17) is 4.18 Å². The molecule has 9 heteroatoms. The normalized spacial score (nSPS) is 11.9. The molecule has 0 radical (unpaired) electrons. The lowest BCUT2D eigenvalue weighted by molar-refractivity contribution is -0.122. The third-order valence-electron chi connectivity index (χ3n) is 4.90. The van der Waals surface area contributed by atoms with E-state index in [-0.39, 0.29) is 30.7 Å². The van der Waals surface area contributed by atoms with Crippen molar-refractivity contribution in [1.82, 2.24) is 14.3 Å². The first-order valence-electron chi connectivity index (χ1n) is 10.6. The summed E-state index contributed by atoms with van der Waals surface area (Å²) in [7, 11) is -3.43. The molecule has 0 aliphatic rings. The van der Waals surface area contributed by atoms with Gasteiger partial charge in [0.05, 0.1) is 18.6 Å². The summed E-state index contributed by atoms with van der Waals surface area (Å²) in [5.74, 6) is -0.221. The predicted molar refractivity (Wildman–Crippen MR) is 124 cm³/mol. The highest BCUT2D eigenvalue weighted by atomic mass is 32.2. The van der Waals surface area contributed by atoms with E-state index in [2.05, 4.69) is 5.32 Å². The van der Waals surface area contributed by atoms with Gasteiger partial charge in [0.1, 0.15) is 12.1 Å². The summed E-state index contributed by atoms with van der Waals surface area (Å²) in [4.78, 5) is 25.8. The van der Waals surface area contributed by atoms with Crippen molar-refractivity contribution in [2.45, 2.75) is 45.7 Å². The Labute approximate surface area is 188 Å². The highest BCUT2D eigenvalue weighted by molar-refractivity contribution is 7.85. The smallest absolute Gasteiger partial charge is 0.275 e. The molecule has 0 saturated carbocycles. The predicted octanol–water partition coefficient (Wildman–Crippen LogP) is 2.59. The van der Waals surface area contributed by atoms with Gasteiger partial charge in [-0.3, -0.25) is 18.3 Å². The number of carbonyl (C=O) groups excluding carboxylic acids is 1. The molecule has 0 bridgehead atoms. The van der Waals surface area contributed by atoms with Crippen LogP contribution in [0.5, 0.6) is 0 Å². The summed E-state index contributed by atoms with van der Waals surface area (Å²) in [6, 6.07) is 11.3. The van der Waals surface area contributed by atoms with Crippen LogP contribution in [0.4, 0.5) is 0 Å². The lowest BCUT2D eigenvalue weighted by Crippen LogP contribution is -2.36. The van der Waals surface area contributed by atoms with Crippen LogP contribution < -0.4 is 10.9 Å². The van der Waals surface area contributed by atoms with Crippen LogP contribution in [0.2, 0.25) is 0 Å². The first kappa shape index (κ1) is 23.7. The minimum Gasteiger partial charge on any atom is -0.352 e. The number of hydrogen-bond donors (Lipinski definition) is 1. The van der Waals surface area contributed by atoms with Gasteiger partial charge in [-0.25, -0.2) is 0 Å². The van der Waals surface area contributed by atoms with Crippen LogP contribution in [0, 0.1) is 0 Å². The Bertz CT molecular complexity index is 1240. The highest BCUT2D eigenvalue weighted by Crippen LogP contribution is 2.20. The number of carbonyl (C=O) groups is 1. The van der Waals surface area contributed by atoms with Crippen molar-refractivity contribution < 1.29 is 17.4 Å². The molecule has 2 heterocycles. The number of aryl methyl sites for hydroxylation is 1. The molecular weight excluding hydrogens is 430 g/mol. The summed E-state index contributed by atoms with van der Waals surface area (Å²) >= 11 is 0. The van der Waals surface area contributed by atoms with Crippen molar-refractivity contribution in [3.05, 3.63) is 64.7 Å². The highest BCUT2D eigenvalue weighted by Gasteiger charge is 2.16. The fraction of sp³-hybridized carbons (Fsp3) is 0.391. The van der Waals surface area contributed by atoms with Crippen molar-refractivity contribution >= 4 is 21.5 Å². The zero-order valence-electron chi connectivity index (χ0n) is 18.6. The van der Waals surface area contributed by atoms with Gasteiger partial charge in [0.25, 0.3) is 15.7 Å². The number of rotatable bonds is 10. The molecule has 0 fully saturated rings. The first-order chi connectivity index (χ1) is 15.1. The molecule has 8 nitrogen and oxygen atoms in total. The Morgan fingerprint density at radius 2 is 1.84 bits per heavy atom. The van der Waals surface area contributed by atoms with Gasteiger partial charge in [-0.05, 0) is 50.3 Å². The van der Waals surface area contributed by atoms with Gasteiger partial charge in [0, 0.05) is 18.4 Å². The van der Waals surface area contributed by atoms with Crippen LogP contribution >= 0.6 is 0 Å². The van der Waals surface area contributed by atoms with Gasteiger partial charge < -0.3 is 9.72 Å². The van der Waals surface area contributed by atoms with E-state index >= 15 is 0 Å². The summed E-state index contributed by atoms with van der Waals surface area (Å²) in [6.45, 7) is 3.83. The van der Waals surface area contributed by atoms with Crippen LogP contribution in [0.25, 0.3) is 16.8 Å². The molecule has 2 aromatic heterocycles. The van der Waals surface area contributed by atoms with Crippen LogP contribution in [-0.4, -0.2) is 42.2 Å². The number of hydrogen-bond acceptors (Lipinski definition) is 5. The third kappa shape index (κ3) is 6.30. The molecule has 0 aliphatic heterocycles. The Kier molecular flexibility index (Phi) is 7.52. The number of amides is 1. The van der Waals surface area contributed by atoms with E-state index in [0.29, 0.717) is 24.1 Å².